The number of hydrogen-bond acceptors (Lipinski definition) is 0. The Bertz CT molecular complexity index is 787. The third kappa shape index (κ3) is 2.93. The van der Waals surface area contributed by atoms with Crippen LogP contribution in [0, 0.1) is 13.8 Å². The molecule has 0 aromatic heterocycles. The van der Waals surface area contributed by atoms with Gasteiger partial charge in [-0.3, -0.25) is 0 Å². The summed E-state index contributed by atoms with van der Waals surface area (Å²) in [7, 11) is 0. The average molecular weight is 337 g/mol. The average Bonchev–Trinajstić information content (AvgIpc) is 2.49. The van der Waals surface area contributed by atoms with Crippen LogP contribution in [-0.2, 0) is 0 Å². The third-order valence-electron chi connectivity index (χ3n) is 3.83. The highest BCUT2D eigenvalue weighted by molar-refractivity contribution is 9.10. The fraction of sp³-hybridized carbons (Fsp3) is 0.100. The van der Waals surface area contributed by atoms with E-state index in [1.807, 2.05) is 0 Å². The number of aryl methyl sites for hydroxylation is 2. The molecule has 3 aromatic carbocycles. The molecule has 104 valence electrons. The molecule has 3 aromatic rings. The lowest BCUT2D eigenvalue weighted by Crippen LogP contribution is -1.88. The summed E-state index contributed by atoms with van der Waals surface area (Å²) >= 11 is 3.55. The Morgan fingerprint density at radius 1 is 0.619 bits per heavy atom. The van der Waals surface area contributed by atoms with Crippen molar-refractivity contribution in [2.75, 3.05) is 0 Å². The minimum Gasteiger partial charge on any atom is -0.0620 e. The molecule has 0 atom stereocenters. The second-order valence-corrected chi connectivity index (χ2v) is 6.27. The number of benzene rings is 3. The van der Waals surface area contributed by atoms with Crippen LogP contribution in [-0.4, -0.2) is 0 Å². The molecule has 0 aliphatic carbocycles. The van der Waals surface area contributed by atoms with Crippen molar-refractivity contribution >= 4 is 15.9 Å². The van der Waals surface area contributed by atoms with E-state index >= 15 is 0 Å². The van der Waals surface area contributed by atoms with Crippen LogP contribution in [0.25, 0.3) is 22.3 Å². The summed E-state index contributed by atoms with van der Waals surface area (Å²) in [5.41, 5.74) is 7.73. The van der Waals surface area contributed by atoms with Crippen molar-refractivity contribution in [3.8, 4) is 22.3 Å². The van der Waals surface area contributed by atoms with E-state index in [0.717, 1.165) is 4.47 Å². The first-order valence-electron chi connectivity index (χ1n) is 7.08. The zero-order valence-electron chi connectivity index (χ0n) is 12.2. The topological polar surface area (TPSA) is 0 Å². The summed E-state index contributed by atoms with van der Waals surface area (Å²) in [6, 6.07) is 23.7. The lowest BCUT2D eigenvalue weighted by molar-refractivity contribution is 1.41. The van der Waals surface area contributed by atoms with Crippen molar-refractivity contribution in [1.82, 2.24) is 0 Å². The van der Waals surface area contributed by atoms with E-state index in [0.29, 0.717) is 0 Å². The van der Waals surface area contributed by atoms with Gasteiger partial charge in [0, 0.05) is 4.47 Å². The molecule has 0 bridgehead atoms. The van der Waals surface area contributed by atoms with E-state index in [1.165, 1.54) is 33.4 Å². The molecular formula is C20H17Br. The van der Waals surface area contributed by atoms with Crippen LogP contribution in [0.5, 0.6) is 0 Å². The maximum Gasteiger partial charge on any atom is 0.0181 e. The summed E-state index contributed by atoms with van der Waals surface area (Å²) < 4.78 is 1.11. The molecule has 1 heteroatoms. The minimum absolute atomic E-state index is 1.11. The highest BCUT2D eigenvalue weighted by atomic mass is 79.9. The smallest absolute Gasteiger partial charge is 0.0181 e. The van der Waals surface area contributed by atoms with E-state index in [1.54, 1.807) is 0 Å². The SMILES string of the molecule is Cc1ccccc1-c1cc(-c2cccc(Br)c2)ccc1C. The molecule has 0 spiro atoms. The summed E-state index contributed by atoms with van der Waals surface area (Å²) in [5, 5.41) is 0. The molecule has 0 saturated carbocycles. The quantitative estimate of drug-likeness (QED) is 0.507. The number of rotatable bonds is 2. The zero-order valence-corrected chi connectivity index (χ0v) is 13.8. The van der Waals surface area contributed by atoms with Gasteiger partial charge in [-0.25, -0.2) is 0 Å². The van der Waals surface area contributed by atoms with Gasteiger partial charge in [-0.1, -0.05) is 64.5 Å². The number of halogens is 1. The van der Waals surface area contributed by atoms with Crippen molar-refractivity contribution in [1.29, 1.82) is 0 Å². The summed E-state index contributed by atoms with van der Waals surface area (Å²) in [4.78, 5) is 0. The molecular weight excluding hydrogens is 320 g/mol. The molecule has 0 unspecified atom stereocenters. The number of hydrogen-bond donors (Lipinski definition) is 0. The highest BCUT2D eigenvalue weighted by Gasteiger charge is 2.07. The lowest BCUT2D eigenvalue weighted by Gasteiger charge is -2.12. The summed E-state index contributed by atoms with van der Waals surface area (Å²) in [6.07, 6.45) is 0. The Morgan fingerprint density at radius 2 is 1.33 bits per heavy atom. The van der Waals surface area contributed by atoms with Crippen LogP contribution in [0.2, 0.25) is 0 Å². The molecule has 0 amide bonds. The fourth-order valence-electron chi connectivity index (χ4n) is 2.63. The zero-order chi connectivity index (χ0) is 14.8. The van der Waals surface area contributed by atoms with Gasteiger partial charge in [0.1, 0.15) is 0 Å². The van der Waals surface area contributed by atoms with E-state index in [2.05, 4.69) is 96.5 Å². The third-order valence-corrected chi connectivity index (χ3v) is 4.32. The van der Waals surface area contributed by atoms with Crippen LogP contribution >= 0.6 is 15.9 Å². The van der Waals surface area contributed by atoms with Crippen LogP contribution in [0.15, 0.2) is 71.2 Å². The Balaban J connectivity index is 2.15. The van der Waals surface area contributed by atoms with Gasteiger partial charge in [-0.15, -0.1) is 0 Å². The largest absolute Gasteiger partial charge is 0.0620 e. The van der Waals surface area contributed by atoms with Crippen LogP contribution in [0.4, 0.5) is 0 Å². The first-order valence-corrected chi connectivity index (χ1v) is 7.87. The van der Waals surface area contributed by atoms with Crippen LogP contribution < -0.4 is 0 Å². The van der Waals surface area contributed by atoms with Gasteiger partial charge in [0.25, 0.3) is 0 Å². The monoisotopic (exact) mass is 336 g/mol. The van der Waals surface area contributed by atoms with Crippen molar-refractivity contribution in [3.63, 3.8) is 0 Å². The molecule has 0 fully saturated rings. The molecule has 0 nitrogen and oxygen atoms in total. The van der Waals surface area contributed by atoms with Gasteiger partial charge < -0.3 is 0 Å². The minimum atomic E-state index is 1.11. The van der Waals surface area contributed by atoms with Gasteiger partial charge in [0.05, 0.1) is 0 Å². The van der Waals surface area contributed by atoms with E-state index in [4.69, 9.17) is 0 Å². The highest BCUT2D eigenvalue weighted by Crippen LogP contribution is 2.31. The molecule has 0 aliphatic rings. The molecule has 3 rings (SSSR count). The van der Waals surface area contributed by atoms with Crippen molar-refractivity contribution < 1.29 is 0 Å². The van der Waals surface area contributed by atoms with Gasteiger partial charge in [0.15, 0.2) is 0 Å². The maximum atomic E-state index is 3.55. The van der Waals surface area contributed by atoms with Gasteiger partial charge in [-0.2, -0.15) is 0 Å². The van der Waals surface area contributed by atoms with Gasteiger partial charge in [-0.05, 0) is 65.4 Å². The normalized spacial score (nSPS) is 10.6. The van der Waals surface area contributed by atoms with Gasteiger partial charge in [0.2, 0.25) is 0 Å². The second-order valence-electron chi connectivity index (χ2n) is 5.35. The molecule has 0 heterocycles. The van der Waals surface area contributed by atoms with Crippen LogP contribution in [0.3, 0.4) is 0 Å². The fourth-order valence-corrected chi connectivity index (χ4v) is 3.03. The predicted octanol–water partition coefficient (Wildman–Crippen LogP) is 6.40. The molecule has 0 aliphatic heterocycles. The molecule has 0 N–H and O–H groups in total. The van der Waals surface area contributed by atoms with Gasteiger partial charge >= 0.3 is 0 Å². The Labute approximate surface area is 134 Å². The van der Waals surface area contributed by atoms with Crippen LogP contribution in [0.1, 0.15) is 11.1 Å². The van der Waals surface area contributed by atoms with E-state index in [-0.39, 0.29) is 0 Å². The Hall–Kier alpha value is -1.86. The Kier molecular flexibility index (Phi) is 3.94. The molecule has 0 saturated heterocycles. The standard InChI is InChI=1S/C20H17Br/c1-14-6-3-4-9-19(14)20-13-17(11-10-15(20)2)16-7-5-8-18(21)12-16/h3-13H,1-2H3. The maximum absolute atomic E-state index is 3.55. The molecule has 0 radical (unpaired) electrons. The molecule has 21 heavy (non-hydrogen) atoms. The lowest BCUT2D eigenvalue weighted by atomic mass is 9.93. The van der Waals surface area contributed by atoms with Crippen molar-refractivity contribution in [3.05, 3.63) is 82.3 Å². The van der Waals surface area contributed by atoms with E-state index in [9.17, 15) is 0 Å². The predicted molar refractivity (Wildman–Crippen MR) is 94.5 cm³/mol. The first-order chi connectivity index (χ1) is 10.1. The van der Waals surface area contributed by atoms with E-state index < -0.39 is 0 Å². The second kappa shape index (κ2) is 5.87. The summed E-state index contributed by atoms with van der Waals surface area (Å²) in [5.74, 6) is 0. The first kappa shape index (κ1) is 14.1. The summed E-state index contributed by atoms with van der Waals surface area (Å²) in [6.45, 7) is 4.34. The Morgan fingerprint density at radius 3 is 2.10 bits per heavy atom. The van der Waals surface area contributed by atoms with Crippen molar-refractivity contribution in [2.24, 2.45) is 0 Å². The van der Waals surface area contributed by atoms with Crippen molar-refractivity contribution in [2.45, 2.75) is 13.8 Å².